The molecule has 1 fully saturated rings. The number of anilines is 1. The van der Waals surface area contributed by atoms with Crippen LogP contribution in [0.15, 0.2) is 36.0 Å². The molecule has 1 aliphatic rings. The molecule has 1 saturated heterocycles. The van der Waals surface area contributed by atoms with E-state index in [4.69, 9.17) is 0 Å². The Labute approximate surface area is 147 Å². The zero-order valence-corrected chi connectivity index (χ0v) is 15.0. The minimum absolute atomic E-state index is 0.0697. The van der Waals surface area contributed by atoms with Gasteiger partial charge in [0.25, 0.3) is 0 Å². The van der Waals surface area contributed by atoms with E-state index in [1.165, 1.54) is 28.5 Å². The SMILES string of the molecule is CC(=O)Nc1ncc(CN2CCC(=Cc3ccc(C)cc3)CC2)s1. The number of aromatic nitrogens is 1. The molecule has 1 aromatic carbocycles. The first kappa shape index (κ1) is 16.9. The molecule has 24 heavy (non-hydrogen) atoms. The van der Waals surface area contributed by atoms with Gasteiger partial charge >= 0.3 is 0 Å². The lowest BCUT2D eigenvalue weighted by Gasteiger charge is -2.27. The van der Waals surface area contributed by atoms with E-state index in [0.29, 0.717) is 5.13 Å². The molecule has 4 nitrogen and oxygen atoms in total. The predicted molar refractivity (Wildman–Crippen MR) is 100 cm³/mol. The van der Waals surface area contributed by atoms with Crippen LogP contribution in [0, 0.1) is 6.92 Å². The molecular formula is C19H23N3OS. The van der Waals surface area contributed by atoms with E-state index in [1.807, 2.05) is 6.20 Å². The minimum atomic E-state index is -0.0697. The maximum absolute atomic E-state index is 11.1. The molecule has 1 N–H and O–H groups in total. The third kappa shape index (κ3) is 4.76. The molecule has 2 heterocycles. The van der Waals surface area contributed by atoms with Crippen molar-refractivity contribution < 1.29 is 4.79 Å². The first-order valence-electron chi connectivity index (χ1n) is 8.29. The van der Waals surface area contributed by atoms with E-state index in [9.17, 15) is 4.79 Å². The Morgan fingerprint density at radius 1 is 1.29 bits per heavy atom. The van der Waals surface area contributed by atoms with Gasteiger partial charge in [-0.25, -0.2) is 4.98 Å². The summed E-state index contributed by atoms with van der Waals surface area (Å²) >= 11 is 1.56. The third-order valence-corrected chi connectivity index (χ3v) is 5.06. The molecular weight excluding hydrogens is 318 g/mol. The second-order valence-electron chi connectivity index (χ2n) is 6.30. The second-order valence-corrected chi connectivity index (χ2v) is 7.42. The van der Waals surface area contributed by atoms with Crippen LogP contribution in [0.25, 0.3) is 6.08 Å². The van der Waals surface area contributed by atoms with Crippen LogP contribution in [-0.2, 0) is 11.3 Å². The largest absolute Gasteiger partial charge is 0.302 e. The molecule has 2 aromatic rings. The average Bonchev–Trinajstić information content (AvgIpc) is 2.98. The van der Waals surface area contributed by atoms with E-state index in [2.05, 4.69) is 52.5 Å². The number of benzene rings is 1. The molecule has 126 valence electrons. The lowest BCUT2D eigenvalue weighted by molar-refractivity contribution is -0.114. The van der Waals surface area contributed by atoms with Gasteiger partial charge in [0.2, 0.25) is 5.91 Å². The fourth-order valence-electron chi connectivity index (χ4n) is 2.85. The number of carbonyl (C=O) groups is 1. The molecule has 0 spiro atoms. The summed E-state index contributed by atoms with van der Waals surface area (Å²) in [6.45, 7) is 6.69. The lowest BCUT2D eigenvalue weighted by Crippen LogP contribution is -2.29. The van der Waals surface area contributed by atoms with Crippen molar-refractivity contribution in [3.63, 3.8) is 0 Å². The molecule has 0 saturated carbocycles. The van der Waals surface area contributed by atoms with E-state index >= 15 is 0 Å². The highest BCUT2D eigenvalue weighted by Gasteiger charge is 2.15. The summed E-state index contributed by atoms with van der Waals surface area (Å²) in [6, 6.07) is 8.71. The van der Waals surface area contributed by atoms with Crippen LogP contribution in [0.1, 0.15) is 35.8 Å². The molecule has 0 bridgehead atoms. The fourth-order valence-corrected chi connectivity index (χ4v) is 3.75. The first-order chi connectivity index (χ1) is 11.6. The number of carbonyl (C=O) groups excluding carboxylic acids is 1. The summed E-state index contributed by atoms with van der Waals surface area (Å²) in [7, 11) is 0. The van der Waals surface area contributed by atoms with Gasteiger partial charge in [0.05, 0.1) is 0 Å². The molecule has 0 aliphatic carbocycles. The summed E-state index contributed by atoms with van der Waals surface area (Å²) in [5, 5.41) is 3.43. The van der Waals surface area contributed by atoms with Crippen molar-refractivity contribution in [3.8, 4) is 0 Å². The van der Waals surface area contributed by atoms with E-state index in [1.54, 1.807) is 11.3 Å². The predicted octanol–water partition coefficient (Wildman–Crippen LogP) is 4.09. The van der Waals surface area contributed by atoms with Crippen molar-refractivity contribution in [2.75, 3.05) is 18.4 Å². The Kier molecular flexibility index (Phi) is 5.43. The van der Waals surface area contributed by atoms with Gasteiger partial charge < -0.3 is 5.32 Å². The van der Waals surface area contributed by atoms with Crippen LogP contribution in [0.3, 0.4) is 0 Å². The highest BCUT2D eigenvalue weighted by Crippen LogP contribution is 2.24. The topological polar surface area (TPSA) is 45.2 Å². The lowest BCUT2D eigenvalue weighted by atomic mass is 10.0. The molecule has 5 heteroatoms. The monoisotopic (exact) mass is 341 g/mol. The van der Waals surface area contributed by atoms with Crippen LogP contribution in [0.2, 0.25) is 0 Å². The van der Waals surface area contributed by atoms with Crippen molar-refractivity contribution in [2.24, 2.45) is 0 Å². The van der Waals surface area contributed by atoms with Crippen LogP contribution < -0.4 is 5.32 Å². The second kappa shape index (κ2) is 7.73. The zero-order chi connectivity index (χ0) is 16.9. The van der Waals surface area contributed by atoms with Gasteiger partial charge in [0, 0.05) is 37.6 Å². The summed E-state index contributed by atoms with van der Waals surface area (Å²) in [5.74, 6) is -0.0697. The maximum atomic E-state index is 11.1. The van der Waals surface area contributed by atoms with E-state index in [0.717, 1.165) is 32.5 Å². The van der Waals surface area contributed by atoms with Gasteiger partial charge in [-0.15, -0.1) is 11.3 Å². The molecule has 1 aliphatic heterocycles. The Morgan fingerprint density at radius 3 is 2.67 bits per heavy atom. The molecule has 0 atom stereocenters. The number of hydrogen-bond donors (Lipinski definition) is 1. The summed E-state index contributed by atoms with van der Waals surface area (Å²) in [4.78, 5) is 19.0. The van der Waals surface area contributed by atoms with E-state index in [-0.39, 0.29) is 5.91 Å². The normalized spacial score (nSPS) is 15.3. The highest BCUT2D eigenvalue weighted by atomic mass is 32.1. The smallest absolute Gasteiger partial charge is 0.223 e. The maximum Gasteiger partial charge on any atom is 0.223 e. The van der Waals surface area contributed by atoms with Gasteiger partial charge in [-0.2, -0.15) is 0 Å². The Morgan fingerprint density at radius 2 is 2.00 bits per heavy atom. The number of aryl methyl sites for hydroxylation is 1. The van der Waals surface area contributed by atoms with Gasteiger partial charge in [-0.3, -0.25) is 9.69 Å². The van der Waals surface area contributed by atoms with Crippen molar-refractivity contribution in [1.82, 2.24) is 9.88 Å². The number of nitrogens with one attached hydrogen (secondary N) is 1. The average molecular weight is 341 g/mol. The molecule has 1 aromatic heterocycles. The first-order valence-corrected chi connectivity index (χ1v) is 9.11. The summed E-state index contributed by atoms with van der Waals surface area (Å²) in [6.07, 6.45) is 6.43. The minimum Gasteiger partial charge on any atom is -0.302 e. The van der Waals surface area contributed by atoms with Gasteiger partial charge in [0.1, 0.15) is 0 Å². The third-order valence-electron chi connectivity index (χ3n) is 4.16. The quantitative estimate of drug-likeness (QED) is 0.911. The van der Waals surface area contributed by atoms with Crippen molar-refractivity contribution >= 4 is 28.5 Å². The number of rotatable bonds is 4. The van der Waals surface area contributed by atoms with E-state index < -0.39 is 0 Å². The van der Waals surface area contributed by atoms with Crippen molar-refractivity contribution in [3.05, 3.63) is 52.0 Å². The molecule has 1 amide bonds. The number of amides is 1. The molecule has 0 unspecified atom stereocenters. The zero-order valence-electron chi connectivity index (χ0n) is 14.2. The van der Waals surface area contributed by atoms with Crippen LogP contribution in [0.5, 0.6) is 0 Å². The summed E-state index contributed by atoms with van der Waals surface area (Å²) in [5.41, 5.74) is 4.12. The molecule has 3 rings (SSSR count). The van der Waals surface area contributed by atoms with Crippen LogP contribution in [-0.4, -0.2) is 28.9 Å². The fraction of sp³-hybridized carbons (Fsp3) is 0.368. The Bertz CT molecular complexity index is 723. The van der Waals surface area contributed by atoms with Crippen LogP contribution in [0.4, 0.5) is 5.13 Å². The standard InChI is InChI=1S/C19H23N3OS/c1-14-3-5-16(6-4-14)11-17-7-9-22(10-8-17)13-18-12-20-19(24-18)21-15(2)23/h3-6,11-12H,7-10,13H2,1-2H3,(H,20,21,23). The number of piperidine rings is 1. The van der Waals surface area contributed by atoms with Crippen LogP contribution >= 0.6 is 11.3 Å². The van der Waals surface area contributed by atoms with Gasteiger partial charge in [0.15, 0.2) is 5.13 Å². The number of nitrogens with zero attached hydrogens (tertiary/aromatic N) is 2. The Balaban J connectivity index is 1.52. The number of thiazole rings is 1. The van der Waals surface area contributed by atoms with Gasteiger partial charge in [-0.1, -0.05) is 41.5 Å². The number of likely N-dealkylation sites (tertiary alicyclic amines) is 1. The highest BCUT2D eigenvalue weighted by molar-refractivity contribution is 7.15. The van der Waals surface area contributed by atoms with Crippen molar-refractivity contribution in [1.29, 1.82) is 0 Å². The van der Waals surface area contributed by atoms with Gasteiger partial charge in [-0.05, 0) is 25.3 Å². The number of hydrogen-bond acceptors (Lipinski definition) is 4. The summed E-state index contributed by atoms with van der Waals surface area (Å²) < 4.78 is 0. The Hall–Kier alpha value is -1.98. The molecule has 0 radical (unpaired) electrons. The van der Waals surface area contributed by atoms with Crippen molar-refractivity contribution in [2.45, 2.75) is 33.2 Å².